The fraction of sp³-hybridized carbons (Fsp3) is 0.154. The van der Waals surface area contributed by atoms with Crippen molar-refractivity contribution in [2.75, 3.05) is 6.26 Å². The van der Waals surface area contributed by atoms with E-state index in [9.17, 15) is 16.8 Å². The molecule has 2 aromatic rings. The fourth-order valence-electron chi connectivity index (χ4n) is 1.73. The van der Waals surface area contributed by atoms with Crippen LogP contribution in [0.3, 0.4) is 0 Å². The Morgan fingerprint density at radius 2 is 1.57 bits per heavy atom. The van der Waals surface area contributed by atoms with E-state index >= 15 is 0 Å². The first-order chi connectivity index (χ1) is 9.81. The lowest BCUT2D eigenvalue weighted by Gasteiger charge is -2.10. The minimum Gasteiger partial charge on any atom is -0.260 e. The summed E-state index contributed by atoms with van der Waals surface area (Å²) in [6.45, 7) is -0.0126. The maximum atomic E-state index is 12.3. The number of nitrogens with one attached hydrogen (secondary N) is 1. The Labute approximate surface area is 123 Å². The maximum Gasteiger partial charge on any atom is 0.242 e. The Hall–Kier alpha value is -1.77. The van der Waals surface area contributed by atoms with Crippen molar-refractivity contribution in [1.29, 1.82) is 0 Å². The minimum atomic E-state index is -3.94. The van der Waals surface area contributed by atoms with E-state index in [0.29, 0.717) is 5.69 Å². The van der Waals surface area contributed by atoms with Crippen molar-refractivity contribution < 1.29 is 16.8 Å². The van der Waals surface area contributed by atoms with Crippen LogP contribution in [-0.4, -0.2) is 28.1 Å². The molecule has 1 heterocycles. The van der Waals surface area contributed by atoms with E-state index in [2.05, 4.69) is 9.71 Å². The second kappa shape index (κ2) is 5.92. The quantitative estimate of drug-likeness (QED) is 0.883. The van der Waals surface area contributed by atoms with Gasteiger partial charge in [0.1, 0.15) is 4.90 Å². The van der Waals surface area contributed by atoms with Crippen molar-refractivity contribution in [2.24, 2.45) is 0 Å². The van der Waals surface area contributed by atoms with Crippen molar-refractivity contribution in [3.63, 3.8) is 0 Å². The number of hydrogen-bond donors (Lipinski definition) is 1. The van der Waals surface area contributed by atoms with Crippen molar-refractivity contribution >= 4 is 19.9 Å². The molecule has 2 rings (SSSR count). The summed E-state index contributed by atoms with van der Waals surface area (Å²) < 4.78 is 50.2. The lowest BCUT2D eigenvalue weighted by molar-refractivity contribution is 0.573. The van der Waals surface area contributed by atoms with Crippen LogP contribution < -0.4 is 4.72 Å². The molecule has 0 radical (unpaired) electrons. The molecule has 0 spiro atoms. The average molecular weight is 326 g/mol. The Morgan fingerprint density at radius 1 is 0.952 bits per heavy atom. The Kier molecular flexibility index (Phi) is 4.40. The van der Waals surface area contributed by atoms with Gasteiger partial charge in [0.15, 0.2) is 9.84 Å². The average Bonchev–Trinajstić information content (AvgIpc) is 2.45. The van der Waals surface area contributed by atoms with E-state index < -0.39 is 19.9 Å². The number of pyridine rings is 1. The van der Waals surface area contributed by atoms with Gasteiger partial charge in [-0.15, -0.1) is 0 Å². The van der Waals surface area contributed by atoms with Crippen molar-refractivity contribution in [2.45, 2.75) is 16.3 Å². The maximum absolute atomic E-state index is 12.3. The molecule has 0 aliphatic rings. The molecular formula is C13H14N2O4S2. The second-order valence-corrected chi connectivity index (χ2v) is 8.08. The second-order valence-electron chi connectivity index (χ2n) is 4.36. The molecule has 0 fully saturated rings. The highest BCUT2D eigenvalue weighted by Gasteiger charge is 2.23. The van der Waals surface area contributed by atoms with E-state index in [1.54, 1.807) is 24.4 Å². The minimum absolute atomic E-state index is 0.0126. The fourth-order valence-corrected chi connectivity index (χ4v) is 4.35. The molecule has 21 heavy (non-hydrogen) atoms. The number of sulfone groups is 1. The van der Waals surface area contributed by atoms with Gasteiger partial charge < -0.3 is 0 Å². The Balaban J connectivity index is 2.33. The first-order valence-corrected chi connectivity index (χ1v) is 9.37. The summed E-state index contributed by atoms with van der Waals surface area (Å²) in [6, 6.07) is 10.6. The molecule has 0 saturated heterocycles. The molecule has 6 nitrogen and oxygen atoms in total. The predicted octanol–water partition coefficient (Wildman–Crippen LogP) is 0.964. The molecule has 0 atom stereocenters. The van der Waals surface area contributed by atoms with Crippen LogP contribution in [0.15, 0.2) is 58.5 Å². The lowest BCUT2D eigenvalue weighted by Crippen LogP contribution is -2.25. The summed E-state index contributed by atoms with van der Waals surface area (Å²) in [7, 11) is -7.58. The number of hydrogen-bond acceptors (Lipinski definition) is 5. The zero-order chi connectivity index (χ0) is 15.5. The Morgan fingerprint density at radius 3 is 2.14 bits per heavy atom. The zero-order valence-corrected chi connectivity index (χ0v) is 12.9. The summed E-state index contributed by atoms with van der Waals surface area (Å²) in [5, 5.41) is 0. The van der Waals surface area contributed by atoms with Crippen molar-refractivity contribution in [3.05, 3.63) is 54.4 Å². The number of aromatic nitrogens is 1. The summed E-state index contributed by atoms with van der Waals surface area (Å²) in [5.74, 6) is 0. The van der Waals surface area contributed by atoms with Gasteiger partial charge in [-0.3, -0.25) is 4.98 Å². The smallest absolute Gasteiger partial charge is 0.242 e. The van der Waals surface area contributed by atoms with Gasteiger partial charge in [-0.05, 0) is 24.3 Å². The third-order valence-electron chi connectivity index (χ3n) is 2.71. The van der Waals surface area contributed by atoms with Crippen LogP contribution in [0.1, 0.15) is 5.69 Å². The molecular weight excluding hydrogens is 312 g/mol. The van der Waals surface area contributed by atoms with Crippen LogP contribution in [-0.2, 0) is 26.4 Å². The molecule has 0 bridgehead atoms. The summed E-state index contributed by atoms with van der Waals surface area (Å²) in [6.07, 6.45) is 2.52. The largest absolute Gasteiger partial charge is 0.260 e. The van der Waals surface area contributed by atoms with Gasteiger partial charge in [-0.2, -0.15) is 0 Å². The van der Waals surface area contributed by atoms with Crippen LogP contribution in [0.25, 0.3) is 0 Å². The highest BCUT2D eigenvalue weighted by Crippen LogP contribution is 2.20. The van der Waals surface area contributed by atoms with Crippen molar-refractivity contribution in [1.82, 2.24) is 9.71 Å². The topological polar surface area (TPSA) is 93.2 Å². The highest BCUT2D eigenvalue weighted by molar-refractivity contribution is 7.93. The monoisotopic (exact) mass is 326 g/mol. The first kappa shape index (κ1) is 15.6. The molecule has 0 aliphatic carbocycles. The van der Waals surface area contributed by atoms with Gasteiger partial charge in [0, 0.05) is 12.5 Å². The number of nitrogens with zero attached hydrogens (tertiary/aromatic N) is 1. The molecule has 1 aromatic carbocycles. The zero-order valence-electron chi connectivity index (χ0n) is 11.2. The van der Waals surface area contributed by atoms with Gasteiger partial charge >= 0.3 is 0 Å². The van der Waals surface area contributed by atoms with Gasteiger partial charge in [0.2, 0.25) is 10.0 Å². The van der Waals surface area contributed by atoms with E-state index in [0.717, 1.165) is 6.26 Å². The predicted molar refractivity (Wildman–Crippen MR) is 77.8 cm³/mol. The van der Waals surface area contributed by atoms with E-state index in [-0.39, 0.29) is 16.3 Å². The van der Waals surface area contributed by atoms with E-state index in [4.69, 9.17) is 0 Å². The first-order valence-electron chi connectivity index (χ1n) is 5.99. The standard InChI is InChI=1S/C13H14N2O4S2/c1-20(16,17)12-7-2-3-8-13(12)21(18,19)15-10-11-6-4-5-9-14-11/h2-9,15H,10H2,1H3. The highest BCUT2D eigenvalue weighted by atomic mass is 32.2. The van der Waals surface area contributed by atoms with E-state index in [1.807, 2.05) is 0 Å². The molecule has 1 N–H and O–H groups in total. The van der Waals surface area contributed by atoms with Crippen molar-refractivity contribution in [3.8, 4) is 0 Å². The van der Waals surface area contributed by atoms with Crippen LogP contribution in [0, 0.1) is 0 Å². The molecule has 0 amide bonds. The van der Waals surface area contributed by atoms with Crippen LogP contribution >= 0.6 is 0 Å². The third kappa shape index (κ3) is 3.87. The summed E-state index contributed by atoms with van der Waals surface area (Å²) in [5.41, 5.74) is 0.540. The molecule has 8 heteroatoms. The molecule has 1 aromatic heterocycles. The Bertz CT molecular complexity index is 831. The number of rotatable bonds is 5. The number of benzene rings is 1. The SMILES string of the molecule is CS(=O)(=O)c1ccccc1S(=O)(=O)NCc1ccccn1. The van der Waals surface area contributed by atoms with Gasteiger partial charge in [0.05, 0.1) is 17.1 Å². The molecule has 0 unspecified atom stereocenters. The summed E-state index contributed by atoms with van der Waals surface area (Å²) >= 11 is 0. The van der Waals surface area contributed by atoms with Crippen LogP contribution in [0.4, 0.5) is 0 Å². The molecule has 0 aliphatic heterocycles. The number of sulfonamides is 1. The molecule has 0 saturated carbocycles. The molecule has 112 valence electrons. The lowest BCUT2D eigenvalue weighted by atomic mass is 10.4. The summed E-state index contributed by atoms with van der Waals surface area (Å²) in [4.78, 5) is 3.52. The van der Waals surface area contributed by atoms with Crippen LogP contribution in [0.5, 0.6) is 0 Å². The van der Waals surface area contributed by atoms with Gasteiger partial charge in [-0.1, -0.05) is 18.2 Å². The normalized spacial score (nSPS) is 12.2. The van der Waals surface area contributed by atoms with E-state index in [1.165, 1.54) is 24.3 Å². The van der Waals surface area contributed by atoms with Crippen LogP contribution in [0.2, 0.25) is 0 Å². The third-order valence-corrected chi connectivity index (χ3v) is 5.45. The van der Waals surface area contributed by atoms with Gasteiger partial charge in [0.25, 0.3) is 0 Å². The van der Waals surface area contributed by atoms with Gasteiger partial charge in [-0.25, -0.2) is 21.6 Å².